The summed E-state index contributed by atoms with van der Waals surface area (Å²) in [6, 6.07) is 4.81. The van der Waals surface area contributed by atoms with Gasteiger partial charge in [0.05, 0.1) is 5.56 Å². The molecule has 1 aromatic heterocycles. The highest BCUT2D eigenvalue weighted by Gasteiger charge is 2.41. The van der Waals surface area contributed by atoms with E-state index in [2.05, 4.69) is 27.0 Å². The van der Waals surface area contributed by atoms with Crippen LogP contribution in [0.2, 0.25) is 0 Å². The van der Waals surface area contributed by atoms with Gasteiger partial charge in [0.25, 0.3) is 5.91 Å². The highest BCUT2D eigenvalue weighted by Crippen LogP contribution is 2.44. The summed E-state index contributed by atoms with van der Waals surface area (Å²) < 4.78 is 0. The second-order valence-electron chi connectivity index (χ2n) is 8.85. The molecule has 2 atom stereocenters. The maximum atomic E-state index is 12.4. The smallest absolute Gasteiger partial charge is 0.252 e. The molecule has 4 aliphatic rings. The summed E-state index contributed by atoms with van der Waals surface area (Å²) in [5.74, 6) is 0.770. The van der Waals surface area contributed by atoms with Crippen molar-refractivity contribution >= 4 is 17.2 Å². The molecule has 3 saturated carbocycles. The van der Waals surface area contributed by atoms with E-state index in [-0.39, 0.29) is 5.91 Å². The fourth-order valence-corrected chi connectivity index (χ4v) is 5.94. The minimum atomic E-state index is 0.136. The summed E-state index contributed by atoms with van der Waals surface area (Å²) in [4.78, 5) is 16.5. The molecular formula is C21H31N3OS. The van der Waals surface area contributed by atoms with E-state index in [4.69, 9.17) is 0 Å². The number of carbonyl (C=O) groups excluding carboxylic acids is 1. The molecule has 0 spiro atoms. The van der Waals surface area contributed by atoms with Crippen molar-refractivity contribution in [2.45, 2.75) is 87.9 Å². The van der Waals surface area contributed by atoms with Gasteiger partial charge in [-0.05, 0) is 64.1 Å². The van der Waals surface area contributed by atoms with Crippen LogP contribution in [0.15, 0.2) is 11.4 Å². The van der Waals surface area contributed by atoms with Crippen molar-refractivity contribution in [3.63, 3.8) is 0 Å². The lowest BCUT2D eigenvalue weighted by molar-refractivity contribution is 0.0938. The van der Waals surface area contributed by atoms with E-state index in [1.54, 1.807) is 11.3 Å². The van der Waals surface area contributed by atoms with Gasteiger partial charge in [0.15, 0.2) is 0 Å². The average Bonchev–Trinajstić information content (AvgIpc) is 3.53. The van der Waals surface area contributed by atoms with Crippen molar-refractivity contribution in [2.24, 2.45) is 0 Å². The van der Waals surface area contributed by atoms with Crippen LogP contribution in [0.1, 0.15) is 78.9 Å². The molecule has 1 aliphatic heterocycles. The Morgan fingerprint density at radius 2 is 1.81 bits per heavy atom. The zero-order chi connectivity index (χ0) is 17.5. The second kappa shape index (κ2) is 7.25. The van der Waals surface area contributed by atoms with E-state index in [1.165, 1.54) is 62.9 Å². The van der Waals surface area contributed by atoms with Crippen molar-refractivity contribution in [1.82, 2.24) is 15.5 Å². The fourth-order valence-electron chi connectivity index (χ4n) is 4.87. The van der Waals surface area contributed by atoms with E-state index < -0.39 is 0 Å². The zero-order valence-corrected chi connectivity index (χ0v) is 16.4. The van der Waals surface area contributed by atoms with E-state index in [9.17, 15) is 4.79 Å². The molecule has 3 aliphatic carbocycles. The van der Waals surface area contributed by atoms with Crippen molar-refractivity contribution in [2.75, 3.05) is 13.1 Å². The molecule has 2 heterocycles. The van der Waals surface area contributed by atoms with Crippen LogP contribution in [-0.2, 0) is 0 Å². The maximum Gasteiger partial charge on any atom is 0.252 e. The highest BCUT2D eigenvalue weighted by atomic mass is 32.1. The van der Waals surface area contributed by atoms with Crippen LogP contribution in [0, 0.1) is 0 Å². The molecule has 0 radical (unpaired) electrons. The molecule has 2 N–H and O–H groups in total. The van der Waals surface area contributed by atoms with Crippen molar-refractivity contribution in [3.05, 3.63) is 21.9 Å². The third-order valence-corrected chi connectivity index (χ3v) is 7.84. The number of hydrogen-bond donors (Lipinski definition) is 2. The van der Waals surface area contributed by atoms with Gasteiger partial charge >= 0.3 is 0 Å². The number of nitrogens with one attached hydrogen (secondary N) is 2. The number of carbonyl (C=O) groups is 1. The molecule has 1 aromatic rings. The van der Waals surface area contributed by atoms with Gasteiger partial charge in [0, 0.05) is 40.3 Å². The van der Waals surface area contributed by atoms with Gasteiger partial charge in [-0.3, -0.25) is 4.79 Å². The minimum Gasteiger partial charge on any atom is -0.349 e. The zero-order valence-electron chi connectivity index (χ0n) is 15.6. The van der Waals surface area contributed by atoms with Crippen molar-refractivity contribution in [1.29, 1.82) is 0 Å². The van der Waals surface area contributed by atoms with Gasteiger partial charge in [0.1, 0.15) is 0 Å². The molecule has 0 bridgehead atoms. The van der Waals surface area contributed by atoms with Gasteiger partial charge in [-0.25, -0.2) is 0 Å². The first-order chi connectivity index (χ1) is 12.8. The van der Waals surface area contributed by atoms with Crippen LogP contribution >= 0.6 is 11.3 Å². The lowest BCUT2D eigenvalue weighted by Crippen LogP contribution is -2.44. The number of amides is 1. The molecule has 4 nitrogen and oxygen atoms in total. The van der Waals surface area contributed by atoms with Crippen molar-refractivity contribution in [3.8, 4) is 0 Å². The molecule has 0 aromatic carbocycles. The summed E-state index contributed by atoms with van der Waals surface area (Å²) in [6.07, 6.45) is 11.5. The Balaban J connectivity index is 1.09. The lowest BCUT2D eigenvalue weighted by Gasteiger charge is -2.32. The molecule has 4 fully saturated rings. The molecule has 2 unspecified atom stereocenters. The molecule has 5 rings (SSSR count). The largest absolute Gasteiger partial charge is 0.349 e. The van der Waals surface area contributed by atoms with Gasteiger partial charge in [0.2, 0.25) is 0 Å². The molecule has 1 saturated heterocycles. The minimum absolute atomic E-state index is 0.136. The number of hydrogen-bond acceptors (Lipinski definition) is 4. The Bertz CT molecular complexity index is 641. The number of rotatable bonds is 6. The fraction of sp³-hybridized carbons (Fsp3) is 0.762. The van der Waals surface area contributed by atoms with E-state index in [0.717, 1.165) is 24.4 Å². The monoisotopic (exact) mass is 373 g/mol. The Morgan fingerprint density at radius 1 is 1.04 bits per heavy atom. The SMILES string of the molecule is O=C(NC1CCCC1)c1csc(C2CC2NC2CCN(C3CC3)CC2)c1. The number of nitrogens with zero attached hydrogens (tertiary/aromatic N) is 1. The van der Waals surface area contributed by atoms with Gasteiger partial charge in [-0.1, -0.05) is 12.8 Å². The molecule has 1 amide bonds. The summed E-state index contributed by atoms with van der Waals surface area (Å²) in [5, 5.41) is 9.17. The van der Waals surface area contributed by atoms with Gasteiger partial charge < -0.3 is 15.5 Å². The molecule has 5 heteroatoms. The Kier molecular flexibility index (Phi) is 4.80. The summed E-state index contributed by atoms with van der Waals surface area (Å²) in [5.41, 5.74) is 0.875. The second-order valence-corrected chi connectivity index (χ2v) is 9.79. The Labute approximate surface area is 160 Å². The van der Waals surface area contributed by atoms with Crippen LogP contribution in [0.3, 0.4) is 0 Å². The average molecular weight is 374 g/mol. The predicted octanol–water partition coefficient (Wildman–Crippen LogP) is 3.49. The van der Waals surface area contributed by atoms with Crippen LogP contribution in [-0.4, -0.2) is 48.1 Å². The third-order valence-electron chi connectivity index (χ3n) is 6.77. The van der Waals surface area contributed by atoms with E-state index in [0.29, 0.717) is 24.0 Å². The van der Waals surface area contributed by atoms with E-state index in [1.807, 2.05) is 0 Å². The van der Waals surface area contributed by atoms with E-state index >= 15 is 0 Å². The highest BCUT2D eigenvalue weighted by molar-refractivity contribution is 7.10. The van der Waals surface area contributed by atoms with Gasteiger partial charge in [-0.2, -0.15) is 0 Å². The summed E-state index contributed by atoms with van der Waals surface area (Å²) >= 11 is 1.78. The summed E-state index contributed by atoms with van der Waals surface area (Å²) in [6.45, 7) is 2.56. The van der Waals surface area contributed by atoms with Crippen LogP contribution in [0.5, 0.6) is 0 Å². The first kappa shape index (κ1) is 17.2. The first-order valence-electron chi connectivity index (χ1n) is 10.7. The maximum absolute atomic E-state index is 12.4. The third kappa shape index (κ3) is 3.85. The normalized spacial score (nSPS) is 30.6. The lowest BCUT2D eigenvalue weighted by atomic mass is 10.0. The van der Waals surface area contributed by atoms with Crippen LogP contribution in [0.4, 0.5) is 0 Å². The quantitative estimate of drug-likeness (QED) is 0.802. The molecular weight excluding hydrogens is 342 g/mol. The predicted molar refractivity (Wildman–Crippen MR) is 106 cm³/mol. The number of likely N-dealkylation sites (tertiary alicyclic amines) is 1. The number of piperidine rings is 1. The number of thiophene rings is 1. The Morgan fingerprint density at radius 3 is 2.54 bits per heavy atom. The van der Waals surface area contributed by atoms with Crippen LogP contribution < -0.4 is 10.6 Å². The summed E-state index contributed by atoms with van der Waals surface area (Å²) in [7, 11) is 0. The molecule has 26 heavy (non-hydrogen) atoms. The van der Waals surface area contributed by atoms with Gasteiger partial charge in [-0.15, -0.1) is 11.3 Å². The topological polar surface area (TPSA) is 44.4 Å². The Hall–Kier alpha value is -0.910. The van der Waals surface area contributed by atoms with Crippen LogP contribution in [0.25, 0.3) is 0 Å². The first-order valence-corrected chi connectivity index (χ1v) is 11.5. The molecule has 142 valence electrons. The van der Waals surface area contributed by atoms with Crippen molar-refractivity contribution < 1.29 is 4.79 Å². The standard InChI is InChI=1S/C21H31N3OS/c25-21(23-15-3-1-2-4-15)14-11-20(26-13-14)18-12-19(18)22-16-7-9-24(10-8-16)17-5-6-17/h11,13,15-19,22H,1-10,12H2,(H,23,25).